The normalized spacial score (nSPS) is 9.96. The van der Waals surface area contributed by atoms with Gasteiger partial charge in [-0.15, -0.1) is 0 Å². The first kappa shape index (κ1) is 17.8. The van der Waals surface area contributed by atoms with Gasteiger partial charge >= 0.3 is 12.1 Å². The molecule has 0 aliphatic heterocycles. The maximum Gasteiger partial charge on any atom is 0.411 e. The first-order chi connectivity index (χ1) is 11.5. The second kappa shape index (κ2) is 8.35. The number of benzene rings is 2. The van der Waals surface area contributed by atoms with Gasteiger partial charge in [0.1, 0.15) is 12.4 Å². The lowest BCUT2D eigenvalue weighted by Gasteiger charge is -2.13. The van der Waals surface area contributed by atoms with Crippen molar-refractivity contribution in [3.05, 3.63) is 58.1 Å². The van der Waals surface area contributed by atoms with Crippen molar-refractivity contribution in [1.82, 2.24) is 0 Å². The Hall–Kier alpha value is -2.54. The first-order valence-electron chi connectivity index (χ1n) is 6.98. The van der Waals surface area contributed by atoms with E-state index >= 15 is 0 Å². The second-order valence-corrected chi connectivity index (χ2v) is 5.56. The zero-order valence-electron chi connectivity index (χ0n) is 13.2. The van der Waals surface area contributed by atoms with Crippen LogP contribution in [0, 0.1) is 0 Å². The number of anilines is 1. The number of nitrogens with one attached hydrogen (secondary N) is 1. The van der Waals surface area contributed by atoms with Gasteiger partial charge in [-0.2, -0.15) is 0 Å². The molecule has 0 atom stereocenters. The highest BCUT2D eigenvalue weighted by molar-refractivity contribution is 9.10. The van der Waals surface area contributed by atoms with E-state index in [1.807, 2.05) is 30.3 Å². The van der Waals surface area contributed by atoms with E-state index in [9.17, 15) is 9.59 Å². The smallest absolute Gasteiger partial charge is 0.411 e. The molecule has 126 valence electrons. The van der Waals surface area contributed by atoms with E-state index in [1.165, 1.54) is 20.3 Å². The maximum absolute atomic E-state index is 12.0. The third-order valence-corrected chi connectivity index (χ3v) is 3.76. The SMILES string of the molecule is COC(=O)c1c(Br)cc(OC)cc1NC(=O)OCc1ccccc1. The molecule has 0 bridgehead atoms. The topological polar surface area (TPSA) is 73.9 Å². The number of esters is 1. The molecule has 1 amide bonds. The summed E-state index contributed by atoms with van der Waals surface area (Å²) in [5, 5.41) is 2.54. The molecule has 0 saturated carbocycles. The van der Waals surface area contributed by atoms with Gasteiger partial charge in [-0.05, 0) is 27.6 Å². The van der Waals surface area contributed by atoms with Crippen LogP contribution in [-0.2, 0) is 16.1 Å². The van der Waals surface area contributed by atoms with Crippen LogP contribution < -0.4 is 10.1 Å². The Morgan fingerprint density at radius 3 is 2.46 bits per heavy atom. The molecule has 2 aromatic carbocycles. The predicted octanol–water partition coefficient (Wildman–Crippen LogP) is 3.99. The van der Waals surface area contributed by atoms with Crippen LogP contribution in [0.4, 0.5) is 10.5 Å². The van der Waals surface area contributed by atoms with Gasteiger partial charge in [0, 0.05) is 10.5 Å². The van der Waals surface area contributed by atoms with Gasteiger partial charge in [0.15, 0.2) is 0 Å². The van der Waals surface area contributed by atoms with Crippen LogP contribution in [0.2, 0.25) is 0 Å². The molecule has 2 aromatic rings. The van der Waals surface area contributed by atoms with Crippen LogP contribution >= 0.6 is 15.9 Å². The summed E-state index contributed by atoms with van der Waals surface area (Å²) in [6, 6.07) is 12.4. The lowest BCUT2D eigenvalue weighted by molar-refractivity contribution is 0.0601. The van der Waals surface area contributed by atoms with Crippen LogP contribution in [0.25, 0.3) is 0 Å². The number of amides is 1. The number of methoxy groups -OCH3 is 2. The van der Waals surface area contributed by atoms with Crippen molar-refractivity contribution in [2.75, 3.05) is 19.5 Å². The molecule has 0 aliphatic carbocycles. The number of rotatable bonds is 5. The lowest BCUT2D eigenvalue weighted by atomic mass is 10.1. The standard InChI is InChI=1S/C17H16BrNO5/c1-22-12-8-13(18)15(16(20)23-2)14(9-12)19-17(21)24-10-11-6-4-3-5-7-11/h3-9H,10H2,1-2H3,(H,19,21). The molecule has 0 saturated heterocycles. The highest BCUT2D eigenvalue weighted by Gasteiger charge is 2.20. The maximum atomic E-state index is 12.0. The van der Waals surface area contributed by atoms with Crippen LogP contribution in [0.1, 0.15) is 15.9 Å². The Morgan fingerprint density at radius 2 is 1.83 bits per heavy atom. The molecular formula is C17H16BrNO5. The summed E-state index contributed by atoms with van der Waals surface area (Å²) in [4.78, 5) is 23.9. The number of ether oxygens (including phenoxy) is 3. The Bertz CT molecular complexity index is 733. The Kier molecular flexibility index (Phi) is 6.20. The zero-order valence-corrected chi connectivity index (χ0v) is 14.8. The van der Waals surface area contributed by atoms with Crippen molar-refractivity contribution in [1.29, 1.82) is 0 Å². The summed E-state index contributed by atoms with van der Waals surface area (Å²) in [6.45, 7) is 0.116. The molecule has 0 spiro atoms. The van der Waals surface area contributed by atoms with Crippen LogP contribution in [0.15, 0.2) is 46.9 Å². The second-order valence-electron chi connectivity index (χ2n) is 4.71. The van der Waals surface area contributed by atoms with Crippen molar-refractivity contribution < 1.29 is 23.8 Å². The fourth-order valence-electron chi connectivity index (χ4n) is 1.98. The summed E-state index contributed by atoms with van der Waals surface area (Å²) in [6.07, 6.45) is -0.691. The van der Waals surface area contributed by atoms with Crippen LogP contribution in [0.3, 0.4) is 0 Å². The number of carbonyl (C=O) groups is 2. The molecule has 1 N–H and O–H groups in total. The molecule has 0 heterocycles. The Labute approximate surface area is 147 Å². The average Bonchev–Trinajstić information content (AvgIpc) is 2.60. The number of hydrogen-bond acceptors (Lipinski definition) is 5. The molecular weight excluding hydrogens is 378 g/mol. The molecule has 2 rings (SSSR count). The molecule has 24 heavy (non-hydrogen) atoms. The molecule has 0 unspecified atom stereocenters. The van der Waals surface area contributed by atoms with Crippen molar-refractivity contribution >= 4 is 33.7 Å². The van der Waals surface area contributed by atoms with E-state index in [4.69, 9.17) is 14.2 Å². The van der Waals surface area contributed by atoms with Crippen molar-refractivity contribution in [2.24, 2.45) is 0 Å². The molecule has 7 heteroatoms. The lowest BCUT2D eigenvalue weighted by Crippen LogP contribution is -2.17. The third-order valence-electron chi connectivity index (χ3n) is 3.14. The van der Waals surface area contributed by atoms with E-state index in [1.54, 1.807) is 6.07 Å². The summed E-state index contributed by atoms with van der Waals surface area (Å²) in [7, 11) is 2.74. The monoisotopic (exact) mass is 393 g/mol. The largest absolute Gasteiger partial charge is 0.497 e. The molecule has 0 fully saturated rings. The van der Waals surface area contributed by atoms with Gasteiger partial charge in [0.05, 0.1) is 25.5 Å². The van der Waals surface area contributed by atoms with Crippen LogP contribution in [-0.4, -0.2) is 26.3 Å². The van der Waals surface area contributed by atoms with Crippen molar-refractivity contribution in [3.8, 4) is 5.75 Å². The minimum Gasteiger partial charge on any atom is -0.497 e. The Morgan fingerprint density at radius 1 is 1.12 bits per heavy atom. The quantitative estimate of drug-likeness (QED) is 0.777. The van der Waals surface area contributed by atoms with E-state index < -0.39 is 12.1 Å². The summed E-state index contributed by atoms with van der Waals surface area (Å²) in [5.74, 6) is -0.129. The highest BCUT2D eigenvalue weighted by Crippen LogP contribution is 2.31. The molecule has 0 aromatic heterocycles. The average molecular weight is 394 g/mol. The van der Waals surface area contributed by atoms with Crippen molar-refractivity contribution in [3.63, 3.8) is 0 Å². The number of carbonyl (C=O) groups excluding carboxylic acids is 2. The van der Waals surface area contributed by atoms with Crippen LogP contribution in [0.5, 0.6) is 5.75 Å². The molecule has 0 aliphatic rings. The fraction of sp³-hybridized carbons (Fsp3) is 0.176. The van der Waals surface area contributed by atoms with Crippen molar-refractivity contribution in [2.45, 2.75) is 6.61 Å². The minimum atomic E-state index is -0.691. The van der Waals surface area contributed by atoms with Gasteiger partial charge < -0.3 is 14.2 Å². The molecule has 6 nitrogen and oxygen atoms in total. The third kappa shape index (κ3) is 4.48. The summed E-state index contributed by atoms with van der Waals surface area (Å²) < 4.78 is 15.5. The van der Waals surface area contributed by atoms with Gasteiger partial charge in [-0.25, -0.2) is 9.59 Å². The van der Waals surface area contributed by atoms with Gasteiger partial charge in [0.2, 0.25) is 0 Å². The van der Waals surface area contributed by atoms with Gasteiger partial charge in [-0.1, -0.05) is 30.3 Å². The zero-order chi connectivity index (χ0) is 17.5. The van der Waals surface area contributed by atoms with E-state index in [0.29, 0.717) is 10.2 Å². The fourth-order valence-corrected chi connectivity index (χ4v) is 2.58. The van der Waals surface area contributed by atoms with Gasteiger partial charge in [-0.3, -0.25) is 5.32 Å². The van der Waals surface area contributed by atoms with Gasteiger partial charge in [0.25, 0.3) is 0 Å². The highest BCUT2D eigenvalue weighted by atomic mass is 79.9. The number of halogens is 1. The summed E-state index contributed by atoms with van der Waals surface area (Å²) >= 11 is 3.27. The Balaban J connectivity index is 2.16. The predicted molar refractivity (Wildman–Crippen MR) is 92.3 cm³/mol. The molecule has 0 radical (unpaired) electrons. The van der Waals surface area contributed by atoms with E-state index in [-0.39, 0.29) is 17.9 Å². The van der Waals surface area contributed by atoms with E-state index in [0.717, 1.165) is 5.56 Å². The summed E-state index contributed by atoms with van der Waals surface area (Å²) in [5.41, 5.74) is 1.26. The first-order valence-corrected chi connectivity index (χ1v) is 7.78. The minimum absolute atomic E-state index is 0.116. The van der Waals surface area contributed by atoms with E-state index in [2.05, 4.69) is 21.2 Å². The number of hydrogen-bond donors (Lipinski definition) is 1.